The molecule has 0 aliphatic heterocycles. The third kappa shape index (κ3) is 2.94. The van der Waals surface area contributed by atoms with Crippen LogP contribution in [0.5, 0.6) is 0 Å². The quantitative estimate of drug-likeness (QED) is 0.403. The van der Waals surface area contributed by atoms with Crippen LogP contribution in [0.3, 0.4) is 0 Å². The molecular weight excluding hydrogens is 304 g/mol. The Bertz CT molecular complexity index is 951. The predicted octanol–water partition coefficient (Wildman–Crippen LogP) is 5.18. The van der Waals surface area contributed by atoms with Gasteiger partial charge < -0.3 is 11.5 Å². The predicted molar refractivity (Wildman–Crippen MR) is 107 cm³/mol. The van der Waals surface area contributed by atoms with E-state index in [2.05, 4.69) is 66.7 Å². The Kier molecular flexibility index (Phi) is 3.87. The van der Waals surface area contributed by atoms with Crippen LogP contribution in [0.15, 0.2) is 91.0 Å². The van der Waals surface area contributed by atoms with Crippen LogP contribution in [0.25, 0.3) is 10.8 Å². The maximum atomic E-state index is 5.90. The van der Waals surface area contributed by atoms with Gasteiger partial charge in [-0.2, -0.15) is 0 Å². The van der Waals surface area contributed by atoms with Crippen LogP contribution in [-0.4, -0.2) is 0 Å². The normalized spacial score (nSPS) is 11.1. The molecule has 122 valence electrons. The molecule has 4 N–H and O–H groups in total. The highest BCUT2D eigenvalue weighted by Crippen LogP contribution is 2.36. The van der Waals surface area contributed by atoms with Crippen LogP contribution < -0.4 is 11.5 Å². The molecule has 0 unspecified atom stereocenters. The molecule has 0 bridgehead atoms. The summed E-state index contributed by atoms with van der Waals surface area (Å²) in [6, 6.07) is 31.3. The number of anilines is 2. The van der Waals surface area contributed by atoms with E-state index in [-0.39, 0.29) is 5.92 Å². The summed E-state index contributed by atoms with van der Waals surface area (Å²) in [5.41, 5.74) is 17.1. The molecule has 0 saturated carbocycles. The largest absolute Gasteiger partial charge is 0.399 e. The monoisotopic (exact) mass is 324 g/mol. The molecule has 0 atom stereocenters. The van der Waals surface area contributed by atoms with Gasteiger partial charge in [-0.05, 0) is 51.7 Å². The summed E-state index contributed by atoms with van der Waals surface area (Å²) in [7, 11) is 0. The fraction of sp³-hybridized carbons (Fsp3) is 0.0435. The molecule has 0 amide bonds. The summed E-state index contributed by atoms with van der Waals surface area (Å²) < 4.78 is 0. The van der Waals surface area contributed by atoms with Gasteiger partial charge in [-0.15, -0.1) is 0 Å². The van der Waals surface area contributed by atoms with Gasteiger partial charge in [0.15, 0.2) is 0 Å². The summed E-state index contributed by atoms with van der Waals surface area (Å²) in [5, 5.41) is 2.51. The molecule has 4 rings (SSSR count). The summed E-state index contributed by atoms with van der Waals surface area (Å²) in [5.74, 6) is 0.132. The van der Waals surface area contributed by atoms with Crippen molar-refractivity contribution in [3.8, 4) is 0 Å². The standard InChI is InChI=1S/C23H20N2/c24-19-12-8-17(9-13-19)23(18-10-14-20(25)15-11-18)22-7-3-5-16-4-1-2-6-21(16)22/h1-15,23H,24-25H2. The Balaban J connectivity index is 1.96. The van der Waals surface area contributed by atoms with Crippen molar-refractivity contribution in [2.75, 3.05) is 11.5 Å². The highest BCUT2D eigenvalue weighted by molar-refractivity contribution is 5.87. The number of fused-ring (bicyclic) bond motifs is 1. The third-order valence-corrected chi connectivity index (χ3v) is 4.67. The molecule has 4 aromatic rings. The Morgan fingerprint density at radius 1 is 0.520 bits per heavy atom. The first-order valence-corrected chi connectivity index (χ1v) is 8.41. The molecule has 0 aliphatic carbocycles. The molecule has 0 saturated heterocycles. The molecule has 25 heavy (non-hydrogen) atoms. The van der Waals surface area contributed by atoms with Crippen LogP contribution >= 0.6 is 0 Å². The van der Waals surface area contributed by atoms with Gasteiger partial charge in [0, 0.05) is 17.3 Å². The van der Waals surface area contributed by atoms with Gasteiger partial charge in [-0.3, -0.25) is 0 Å². The number of benzene rings is 4. The molecule has 0 aliphatic rings. The zero-order valence-electron chi connectivity index (χ0n) is 13.9. The SMILES string of the molecule is Nc1ccc(C(c2ccc(N)cc2)c2cccc3ccccc23)cc1. The summed E-state index contributed by atoms with van der Waals surface area (Å²) in [6.07, 6.45) is 0. The van der Waals surface area contributed by atoms with Crippen LogP contribution in [-0.2, 0) is 0 Å². The Morgan fingerprint density at radius 3 is 1.64 bits per heavy atom. The zero-order valence-corrected chi connectivity index (χ0v) is 13.9. The van der Waals surface area contributed by atoms with Gasteiger partial charge in [0.25, 0.3) is 0 Å². The molecular formula is C23H20N2. The Hall–Kier alpha value is -3.26. The second-order valence-corrected chi connectivity index (χ2v) is 6.33. The lowest BCUT2D eigenvalue weighted by molar-refractivity contribution is 0.990. The number of hydrogen-bond donors (Lipinski definition) is 2. The molecule has 0 fully saturated rings. The molecule has 0 spiro atoms. The number of nitrogen functional groups attached to an aromatic ring is 2. The molecule has 2 heteroatoms. The van der Waals surface area contributed by atoms with Crippen molar-refractivity contribution in [3.63, 3.8) is 0 Å². The Morgan fingerprint density at radius 2 is 1.04 bits per heavy atom. The van der Waals surface area contributed by atoms with Gasteiger partial charge in [0.05, 0.1) is 0 Å². The van der Waals surface area contributed by atoms with Crippen molar-refractivity contribution >= 4 is 22.1 Å². The lowest BCUT2D eigenvalue weighted by Crippen LogP contribution is -2.04. The van der Waals surface area contributed by atoms with Crippen LogP contribution in [0.2, 0.25) is 0 Å². The topological polar surface area (TPSA) is 52.0 Å². The van der Waals surface area contributed by atoms with Gasteiger partial charge in [0.2, 0.25) is 0 Å². The second kappa shape index (κ2) is 6.33. The van der Waals surface area contributed by atoms with Crippen LogP contribution in [0.4, 0.5) is 11.4 Å². The van der Waals surface area contributed by atoms with Crippen molar-refractivity contribution in [2.24, 2.45) is 0 Å². The van der Waals surface area contributed by atoms with Crippen molar-refractivity contribution in [1.29, 1.82) is 0 Å². The van der Waals surface area contributed by atoms with E-state index in [4.69, 9.17) is 11.5 Å². The lowest BCUT2D eigenvalue weighted by Gasteiger charge is -2.21. The first-order chi connectivity index (χ1) is 12.2. The first-order valence-electron chi connectivity index (χ1n) is 8.41. The molecule has 0 heterocycles. The number of rotatable bonds is 3. The van der Waals surface area contributed by atoms with Crippen LogP contribution in [0, 0.1) is 0 Å². The van der Waals surface area contributed by atoms with E-state index < -0.39 is 0 Å². The molecule has 0 radical (unpaired) electrons. The first kappa shape index (κ1) is 15.3. The van der Waals surface area contributed by atoms with E-state index in [0.29, 0.717) is 0 Å². The number of nitrogens with two attached hydrogens (primary N) is 2. The molecule has 2 nitrogen and oxygen atoms in total. The maximum absolute atomic E-state index is 5.90. The molecule has 0 aromatic heterocycles. The summed E-state index contributed by atoms with van der Waals surface area (Å²) in [4.78, 5) is 0. The van der Waals surface area contributed by atoms with E-state index in [1.165, 1.54) is 27.5 Å². The minimum atomic E-state index is 0.132. The average molecular weight is 324 g/mol. The van der Waals surface area contributed by atoms with Gasteiger partial charge in [0.1, 0.15) is 0 Å². The van der Waals surface area contributed by atoms with Crippen LogP contribution in [0.1, 0.15) is 22.6 Å². The summed E-state index contributed by atoms with van der Waals surface area (Å²) >= 11 is 0. The Labute approximate surface area is 147 Å². The summed E-state index contributed by atoms with van der Waals surface area (Å²) in [6.45, 7) is 0. The minimum absolute atomic E-state index is 0.132. The van der Waals surface area contributed by atoms with Crippen molar-refractivity contribution in [3.05, 3.63) is 108 Å². The fourth-order valence-corrected chi connectivity index (χ4v) is 3.43. The average Bonchev–Trinajstić information content (AvgIpc) is 2.65. The van der Waals surface area contributed by atoms with Crippen molar-refractivity contribution < 1.29 is 0 Å². The maximum Gasteiger partial charge on any atom is 0.0346 e. The van der Waals surface area contributed by atoms with Gasteiger partial charge in [-0.25, -0.2) is 0 Å². The van der Waals surface area contributed by atoms with Crippen molar-refractivity contribution in [2.45, 2.75) is 5.92 Å². The highest BCUT2D eigenvalue weighted by atomic mass is 14.5. The van der Waals surface area contributed by atoms with E-state index in [1.54, 1.807) is 0 Å². The second-order valence-electron chi connectivity index (χ2n) is 6.33. The highest BCUT2D eigenvalue weighted by Gasteiger charge is 2.18. The molecule has 4 aromatic carbocycles. The van der Waals surface area contributed by atoms with Gasteiger partial charge >= 0.3 is 0 Å². The lowest BCUT2D eigenvalue weighted by atomic mass is 9.83. The number of hydrogen-bond acceptors (Lipinski definition) is 2. The van der Waals surface area contributed by atoms with Crippen molar-refractivity contribution in [1.82, 2.24) is 0 Å². The minimum Gasteiger partial charge on any atom is -0.399 e. The van der Waals surface area contributed by atoms with E-state index >= 15 is 0 Å². The third-order valence-electron chi connectivity index (χ3n) is 4.67. The van der Waals surface area contributed by atoms with E-state index in [0.717, 1.165) is 11.4 Å². The zero-order chi connectivity index (χ0) is 17.2. The van der Waals surface area contributed by atoms with E-state index in [9.17, 15) is 0 Å². The smallest absolute Gasteiger partial charge is 0.0346 e. The van der Waals surface area contributed by atoms with E-state index in [1.807, 2.05) is 24.3 Å². The fourth-order valence-electron chi connectivity index (χ4n) is 3.43. The van der Waals surface area contributed by atoms with Gasteiger partial charge in [-0.1, -0.05) is 66.7 Å².